The number of carbonyl (C=O) groups excluding carboxylic acids is 2. The van der Waals surface area contributed by atoms with E-state index in [1.54, 1.807) is 6.92 Å². The topological polar surface area (TPSA) is 52.6 Å². The van der Waals surface area contributed by atoms with Gasteiger partial charge < -0.3 is 9.47 Å². The van der Waals surface area contributed by atoms with Crippen molar-refractivity contribution in [2.75, 3.05) is 6.61 Å². The molecule has 0 aliphatic rings. The van der Waals surface area contributed by atoms with E-state index in [0.29, 0.717) is 25.9 Å². The Morgan fingerprint density at radius 3 is 2.33 bits per heavy atom. The van der Waals surface area contributed by atoms with Gasteiger partial charge in [0.2, 0.25) is 0 Å². The van der Waals surface area contributed by atoms with E-state index in [1.807, 2.05) is 44.2 Å². The van der Waals surface area contributed by atoms with Crippen molar-refractivity contribution >= 4 is 11.9 Å². The van der Waals surface area contributed by atoms with Gasteiger partial charge in [-0.15, -0.1) is 0 Å². The normalized spacial score (nSPS) is 11.0. The molecule has 0 aromatic heterocycles. The number of hydrogen-bond acceptors (Lipinski definition) is 4. The minimum Gasteiger partial charge on any atom is -0.466 e. The molecule has 0 bridgehead atoms. The fourth-order valence-electron chi connectivity index (χ4n) is 1.94. The van der Waals surface area contributed by atoms with Gasteiger partial charge in [0.25, 0.3) is 0 Å². The summed E-state index contributed by atoms with van der Waals surface area (Å²) in [5.41, 5.74) is 0.703. The van der Waals surface area contributed by atoms with E-state index < -0.39 is 0 Å². The zero-order valence-corrected chi connectivity index (χ0v) is 13.1. The number of carbonyl (C=O) groups is 2. The van der Waals surface area contributed by atoms with Gasteiger partial charge in [0.1, 0.15) is 6.61 Å². The maximum absolute atomic E-state index is 11.7. The summed E-state index contributed by atoms with van der Waals surface area (Å²) < 4.78 is 10.2. The molecule has 0 heterocycles. The van der Waals surface area contributed by atoms with Crippen molar-refractivity contribution in [2.24, 2.45) is 5.41 Å². The molecule has 1 aromatic rings. The minimum atomic E-state index is -0.266. The lowest BCUT2D eigenvalue weighted by Gasteiger charge is -2.22. The molecule has 4 nitrogen and oxygen atoms in total. The maximum Gasteiger partial charge on any atom is 0.306 e. The number of esters is 2. The van der Waals surface area contributed by atoms with Crippen molar-refractivity contribution in [1.29, 1.82) is 0 Å². The third-order valence-electron chi connectivity index (χ3n) is 3.18. The van der Waals surface area contributed by atoms with Crippen LogP contribution in [0, 0.1) is 5.41 Å². The van der Waals surface area contributed by atoms with Crippen LogP contribution in [0.3, 0.4) is 0 Å². The average molecular weight is 292 g/mol. The summed E-state index contributed by atoms with van der Waals surface area (Å²) in [5, 5.41) is 0. The third kappa shape index (κ3) is 7.49. The Balaban J connectivity index is 2.30. The number of hydrogen-bond donors (Lipinski definition) is 0. The molecule has 116 valence electrons. The van der Waals surface area contributed by atoms with Gasteiger partial charge in [0, 0.05) is 6.42 Å². The van der Waals surface area contributed by atoms with Crippen molar-refractivity contribution in [3.63, 3.8) is 0 Å². The van der Waals surface area contributed by atoms with Crippen LogP contribution >= 0.6 is 0 Å². The Bertz CT molecular complexity index is 451. The lowest BCUT2D eigenvalue weighted by Crippen LogP contribution is -2.20. The minimum absolute atomic E-state index is 0.222. The summed E-state index contributed by atoms with van der Waals surface area (Å²) in [6, 6.07) is 9.57. The fraction of sp³-hybridized carbons (Fsp3) is 0.529. The molecule has 1 aromatic carbocycles. The summed E-state index contributed by atoms with van der Waals surface area (Å²) in [5.74, 6) is -0.462. The van der Waals surface area contributed by atoms with Crippen LogP contribution in [0.2, 0.25) is 0 Å². The van der Waals surface area contributed by atoms with E-state index in [-0.39, 0.29) is 24.0 Å². The predicted octanol–water partition coefficient (Wildman–Crippen LogP) is 3.49. The first-order chi connectivity index (χ1) is 9.93. The molecule has 0 saturated carbocycles. The number of benzene rings is 1. The summed E-state index contributed by atoms with van der Waals surface area (Å²) in [7, 11) is 0. The first-order valence-corrected chi connectivity index (χ1v) is 7.28. The van der Waals surface area contributed by atoms with Crippen LogP contribution in [0.15, 0.2) is 30.3 Å². The Morgan fingerprint density at radius 2 is 1.71 bits per heavy atom. The molecule has 0 N–H and O–H groups in total. The molecular weight excluding hydrogens is 268 g/mol. The second-order valence-corrected chi connectivity index (χ2v) is 5.79. The molecule has 0 unspecified atom stereocenters. The van der Waals surface area contributed by atoms with Gasteiger partial charge >= 0.3 is 11.9 Å². The van der Waals surface area contributed by atoms with E-state index in [1.165, 1.54) is 0 Å². The highest BCUT2D eigenvalue weighted by atomic mass is 16.5. The van der Waals surface area contributed by atoms with Crippen LogP contribution in [-0.2, 0) is 25.7 Å². The zero-order valence-electron chi connectivity index (χ0n) is 13.1. The van der Waals surface area contributed by atoms with Crippen molar-refractivity contribution < 1.29 is 19.1 Å². The van der Waals surface area contributed by atoms with Crippen molar-refractivity contribution in [3.05, 3.63) is 35.9 Å². The Labute approximate surface area is 126 Å². The van der Waals surface area contributed by atoms with Crippen LogP contribution in [0.5, 0.6) is 0 Å². The molecule has 21 heavy (non-hydrogen) atoms. The number of rotatable bonds is 8. The van der Waals surface area contributed by atoms with Crippen LogP contribution in [0.4, 0.5) is 0 Å². The standard InChI is InChI=1S/C17H24O4/c1-4-20-16(19)12-17(2,3)11-10-15(18)21-13-14-8-6-5-7-9-14/h5-9H,4,10-13H2,1-3H3. The summed E-state index contributed by atoms with van der Waals surface area (Å²) in [6.07, 6.45) is 1.21. The summed E-state index contributed by atoms with van der Waals surface area (Å²) in [6.45, 7) is 6.36. The first kappa shape index (κ1) is 17.2. The quantitative estimate of drug-likeness (QED) is 0.688. The van der Waals surface area contributed by atoms with E-state index in [2.05, 4.69) is 0 Å². The maximum atomic E-state index is 11.7. The molecule has 0 atom stereocenters. The summed E-state index contributed by atoms with van der Waals surface area (Å²) in [4.78, 5) is 23.2. The highest BCUT2D eigenvalue weighted by molar-refractivity contribution is 5.71. The molecule has 0 fully saturated rings. The molecule has 0 spiro atoms. The van der Waals surface area contributed by atoms with Gasteiger partial charge in [0.05, 0.1) is 13.0 Å². The zero-order chi connectivity index (χ0) is 15.7. The van der Waals surface area contributed by atoms with Gasteiger partial charge in [-0.1, -0.05) is 44.2 Å². The van der Waals surface area contributed by atoms with Crippen LogP contribution < -0.4 is 0 Å². The van der Waals surface area contributed by atoms with Crippen molar-refractivity contribution in [1.82, 2.24) is 0 Å². The van der Waals surface area contributed by atoms with Crippen LogP contribution in [0.1, 0.15) is 45.6 Å². The molecule has 4 heteroatoms. The summed E-state index contributed by atoms with van der Waals surface area (Å²) >= 11 is 0. The van der Waals surface area contributed by atoms with E-state index in [4.69, 9.17) is 9.47 Å². The molecular formula is C17H24O4. The highest BCUT2D eigenvalue weighted by Crippen LogP contribution is 2.27. The van der Waals surface area contributed by atoms with Crippen molar-refractivity contribution in [2.45, 2.75) is 46.6 Å². The lowest BCUT2D eigenvalue weighted by atomic mass is 9.84. The second-order valence-electron chi connectivity index (χ2n) is 5.79. The van der Waals surface area contributed by atoms with Crippen LogP contribution in [0.25, 0.3) is 0 Å². The monoisotopic (exact) mass is 292 g/mol. The molecule has 0 radical (unpaired) electrons. The highest BCUT2D eigenvalue weighted by Gasteiger charge is 2.24. The molecule has 0 amide bonds. The van der Waals surface area contributed by atoms with Gasteiger partial charge in [-0.25, -0.2) is 0 Å². The van der Waals surface area contributed by atoms with Gasteiger partial charge in [-0.05, 0) is 24.3 Å². The second kappa shape index (κ2) is 8.45. The number of ether oxygens (including phenoxy) is 2. The fourth-order valence-corrected chi connectivity index (χ4v) is 1.94. The van der Waals surface area contributed by atoms with Gasteiger partial charge in [-0.2, -0.15) is 0 Å². The third-order valence-corrected chi connectivity index (χ3v) is 3.18. The van der Waals surface area contributed by atoms with Gasteiger partial charge in [-0.3, -0.25) is 9.59 Å². The average Bonchev–Trinajstić information content (AvgIpc) is 2.44. The van der Waals surface area contributed by atoms with Crippen LogP contribution in [-0.4, -0.2) is 18.5 Å². The Hall–Kier alpha value is -1.84. The lowest BCUT2D eigenvalue weighted by molar-refractivity contribution is -0.148. The molecule has 0 aliphatic heterocycles. The van der Waals surface area contributed by atoms with Crippen molar-refractivity contribution in [3.8, 4) is 0 Å². The molecule has 0 saturated heterocycles. The van der Waals surface area contributed by atoms with E-state index >= 15 is 0 Å². The predicted molar refractivity (Wildman–Crippen MR) is 80.5 cm³/mol. The SMILES string of the molecule is CCOC(=O)CC(C)(C)CCC(=O)OCc1ccccc1. The first-order valence-electron chi connectivity index (χ1n) is 7.28. The smallest absolute Gasteiger partial charge is 0.306 e. The molecule has 1 rings (SSSR count). The largest absolute Gasteiger partial charge is 0.466 e. The van der Waals surface area contributed by atoms with E-state index in [0.717, 1.165) is 5.56 Å². The Kier molecular flexibility index (Phi) is 6.92. The van der Waals surface area contributed by atoms with Gasteiger partial charge in [0.15, 0.2) is 0 Å². The molecule has 0 aliphatic carbocycles. The Morgan fingerprint density at radius 1 is 1.05 bits per heavy atom. The van der Waals surface area contributed by atoms with E-state index in [9.17, 15) is 9.59 Å².